The van der Waals surface area contributed by atoms with Crippen LogP contribution >= 0.6 is 0 Å². The molecular formula is C15H30N2O4S. The monoisotopic (exact) mass is 334 g/mol. The van der Waals surface area contributed by atoms with Gasteiger partial charge in [-0.3, -0.25) is 4.79 Å². The molecule has 0 aromatic heterocycles. The second kappa shape index (κ2) is 9.27. The molecule has 0 aliphatic rings. The Morgan fingerprint density at radius 3 is 2.14 bits per heavy atom. The standard InChI is InChI=1S/C15H30N2O4S/c1-5-9-17(10-6-2,11-7-13(3)15(16)18)14(4)8-12-22(19,20)21/h7,14H,5-6,8-12H2,1-4H3,(H2-,16,18,19,20,21). The second-order valence-corrected chi connectivity index (χ2v) is 7.52. The van der Waals surface area contributed by atoms with Crippen LogP contribution in [0.5, 0.6) is 0 Å². The zero-order valence-corrected chi connectivity index (χ0v) is 15.0. The summed E-state index contributed by atoms with van der Waals surface area (Å²) in [5.41, 5.74) is 5.78. The number of quaternary nitrogens is 1. The zero-order chi connectivity index (χ0) is 17.4. The predicted octanol–water partition coefficient (Wildman–Crippen LogP) is 1.38. The third-order valence-corrected chi connectivity index (χ3v) is 4.94. The van der Waals surface area contributed by atoms with Crippen LogP contribution in [0.2, 0.25) is 0 Å². The van der Waals surface area contributed by atoms with E-state index in [0.29, 0.717) is 23.0 Å². The van der Waals surface area contributed by atoms with E-state index in [1.807, 2.05) is 13.0 Å². The van der Waals surface area contributed by atoms with Crippen LogP contribution in [0.3, 0.4) is 0 Å². The fourth-order valence-corrected chi connectivity index (χ4v) is 3.44. The average Bonchev–Trinajstić information content (AvgIpc) is 2.41. The quantitative estimate of drug-likeness (QED) is 0.350. The summed E-state index contributed by atoms with van der Waals surface area (Å²) in [7, 11) is -4.20. The Hall–Kier alpha value is -0.920. The van der Waals surface area contributed by atoms with Gasteiger partial charge in [0.1, 0.15) is 0 Å². The molecule has 0 radical (unpaired) electrons. The third-order valence-electron chi connectivity index (χ3n) is 4.21. The molecule has 7 heteroatoms. The van der Waals surface area contributed by atoms with E-state index >= 15 is 0 Å². The Morgan fingerprint density at radius 2 is 1.77 bits per heavy atom. The highest BCUT2D eigenvalue weighted by Crippen LogP contribution is 2.20. The Morgan fingerprint density at radius 1 is 1.27 bits per heavy atom. The summed E-state index contributed by atoms with van der Waals surface area (Å²) in [6.45, 7) is 10.2. The molecule has 0 aromatic carbocycles. The molecule has 22 heavy (non-hydrogen) atoms. The van der Waals surface area contributed by atoms with Gasteiger partial charge in [0.2, 0.25) is 5.91 Å². The van der Waals surface area contributed by atoms with Gasteiger partial charge in [0.25, 0.3) is 0 Å². The molecule has 0 saturated carbocycles. The van der Waals surface area contributed by atoms with Crippen LogP contribution < -0.4 is 5.73 Å². The summed E-state index contributed by atoms with van der Waals surface area (Å²) in [5, 5.41) is 0. The normalized spacial score (nSPS) is 14.9. The Labute approximate surface area is 134 Å². The van der Waals surface area contributed by atoms with E-state index in [9.17, 15) is 17.8 Å². The van der Waals surface area contributed by atoms with Gasteiger partial charge in [-0.1, -0.05) is 13.8 Å². The van der Waals surface area contributed by atoms with Gasteiger partial charge in [0.15, 0.2) is 0 Å². The molecule has 0 aromatic rings. The maximum atomic E-state index is 11.2. The van der Waals surface area contributed by atoms with Crippen molar-refractivity contribution in [2.24, 2.45) is 5.73 Å². The Kier molecular flexibility index (Phi) is 8.88. The first-order chi connectivity index (χ1) is 10.1. The highest BCUT2D eigenvalue weighted by Gasteiger charge is 2.31. The number of primary amides is 1. The third kappa shape index (κ3) is 7.38. The molecule has 130 valence electrons. The molecule has 6 nitrogen and oxygen atoms in total. The lowest BCUT2D eigenvalue weighted by Gasteiger charge is -2.43. The van der Waals surface area contributed by atoms with E-state index in [2.05, 4.69) is 13.8 Å². The maximum absolute atomic E-state index is 11.2. The van der Waals surface area contributed by atoms with Crippen LogP contribution in [0.1, 0.15) is 47.0 Å². The van der Waals surface area contributed by atoms with Crippen molar-refractivity contribution < 1.29 is 22.2 Å². The minimum Gasteiger partial charge on any atom is -0.748 e. The number of nitrogens with two attached hydrogens (primary N) is 1. The summed E-state index contributed by atoms with van der Waals surface area (Å²) in [5.74, 6) is -0.791. The fraction of sp³-hybridized carbons (Fsp3) is 0.800. The molecule has 1 amide bonds. The summed E-state index contributed by atoms with van der Waals surface area (Å²) < 4.78 is 33.4. The lowest BCUT2D eigenvalue weighted by molar-refractivity contribution is -0.944. The Bertz CT molecular complexity index is 480. The molecular weight excluding hydrogens is 304 g/mol. The van der Waals surface area contributed by atoms with Crippen molar-refractivity contribution in [3.05, 3.63) is 11.6 Å². The van der Waals surface area contributed by atoms with Gasteiger partial charge in [-0.2, -0.15) is 0 Å². The van der Waals surface area contributed by atoms with Gasteiger partial charge >= 0.3 is 0 Å². The van der Waals surface area contributed by atoms with Gasteiger partial charge in [0.05, 0.1) is 35.8 Å². The first-order valence-electron chi connectivity index (χ1n) is 7.84. The van der Waals surface area contributed by atoms with Crippen molar-refractivity contribution in [2.45, 2.75) is 53.0 Å². The fourth-order valence-electron chi connectivity index (χ4n) is 2.81. The topological polar surface area (TPSA) is 100 Å². The molecule has 0 heterocycles. The molecule has 2 N–H and O–H groups in total. The van der Waals surface area contributed by atoms with E-state index in [1.165, 1.54) is 0 Å². The van der Waals surface area contributed by atoms with E-state index < -0.39 is 16.0 Å². The van der Waals surface area contributed by atoms with E-state index in [1.54, 1.807) is 6.92 Å². The van der Waals surface area contributed by atoms with Crippen molar-refractivity contribution >= 4 is 16.0 Å². The number of nitrogens with zero attached hydrogens (tertiary/aromatic N) is 1. The maximum Gasteiger partial charge on any atom is 0.244 e. The van der Waals surface area contributed by atoms with E-state index in [-0.39, 0.29) is 11.8 Å². The molecule has 0 spiro atoms. The van der Waals surface area contributed by atoms with Crippen LogP contribution in [0, 0.1) is 0 Å². The Balaban J connectivity index is 5.28. The highest BCUT2D eigenvalue weighted by molar-refractivity contribution is 7.85. The van der Waals surface area contributed by atoms with Gasteiger partial charge in [-0.25, -0.2) is 8.42 Å². The molecule has 0 fully saturated rings. The van der Waals surface area contributed by atoms with Gasteiger partial charge in [-0.15, -0.1) is 0 Å². The zero-order valence-electron chi connectivity index (χ0n) is 14.2. The smallest absolute Gasteiger partial charge is 0.244 e. The number of carbonyl (C=O) groups is 1. The van der Waals surface area contributed by atoms with E-state index in [0.717, 1.165) is 25.9 Å². The predicted molar refractivity (Wildman–Crippen MR) is 87.0 cm³/mol. The van der Waals surface area contributed by atoms with Crippen LogP contribution in [-0.4, -0.2) is 54.8 Å². The number of hydrogen-bond acceptors (Lipinski definition) is 4. The van der Waals surface area contributed by atoms with Crippen molar-refractivity contribution in [3.8, 4) is 0 Å². The summed E-state index contributed by atoms with van der Waals surface area (Å²) in [4.78, 5) is 11.2. The van der Waals surface area contributed by atoms with Crippen LogP contribution in [-0.2, 0) is 14.9 Å². The van der Waals surface area contributed by atoms with Gasteiger partial charge in [0, 0.05) is 17.7 Å². The lowest BCUT2D eigenvalue weighted by Crippen LogP contribution is -2.56. The molecule has 1 atom stereocenters. The molecule has 0 aliphatic carbocycles. The SMILES string of the molecule is CCC[N+](CC=C(C)C(N)=O)(CCC)C(C)CCS(=O)(=O)[O-]. The average molecular weight is 334 g/mol. The number of carbonyl (C=O) groups excluding carboxylic acids is 1. The second-order valence-electron chi connectivity index (χ2n) is 6.00. The summed E-state index contributed by atoms with van der Waals surface area (Å²) in [6, 6.07) is 0.0283. The number of amides is 1. The van der Waals surface area contributed by atoms with Crippen molar-refractivity contribution in [1.29, 1.82) is 0 Å². The summed E-state index contributed by atoms with van der Waals surface area (Å²) >= 11 is 0. The van der Waals surface area contributed by atoms with Crippen molar-refractivity contribution in [1.82, 2.24) is 0 Å². The largest absolute Gasteiger partial charge is 0.748 e. The van der Waals surface area contributed by atoms with Crippen LogP contribution in [0.4, 0.5) is 0 Å². The minimum absolute atomic E-state index is 0.0283. The number of hydrogen-bond donors (Lipinski definition) is 1. The summed E-state index contributed by atoms with van der Waals surface area (Å²) in [6.07, 6.45) is 4.04. The molecule has 1 unspecified atom stereocenters. The molecule has 0 rings (SSSR count). The molecule has 0 aliphatic heterocycles. The molecule has 0 bridgehead atoms. The van der Waals surface area contributed by atoms with Crippen molar-refractivity contribution in [3.63, 3.8) is 0 Å². The van der Waals surface area contributed by atoms with Crippen molar-refractivity contribution in [2.75, 3.05) is 25.4 Å². The molecule has 0 saturated heterocycles. The first kappa shape index (κ1) is 21.1. The minimum atomic E-state index is -4.20. The van der Waals surface area contributed by atoms with Crippen LogP contribution in [0.15, 0.2) is 11.6 Å². The lowest BCUT2D eigenvalue weighted by atomic mass is 10.1. The van der Waals surface area contributed by atoms with Crippen LogP contribution in [0.25, 0.3) is 0 Å². The first-order valence-corrected chi connectivity index (χ1v) is 9.41. The highest BCUT2D eigenvalue weighted by atomic mass is 32.2. The van der Waals surface area contributed by atoms with Gasteiger partial charge in [-0.05, 0) is 32.8 Å². The van der Waals surface area contributed by atoms with E-state index in [4.69, 9.17) is 5.73 Å². The number of rotatable bonds is 11. The van der Waals surface area contributed by atoms with Gasteiger partial charge < -0.3 is 14.8 Å².